The van der Waals surface area contributed by atoms with Crippen LogP contribution in [0.5, 0.6) is 0 Å². The van der Waals surface area contributed by atoms with Gasteiger partial charge in [0.15, 0.2) is 0 Å². The molecule has 0 spiro atoms. The summed E-state index contributed by atoms with van der Waals surface area (Å²) in [4.78, 5) is 37.1. The summed E-state index contributed by atoms with van der Waals surface area (Å²) in [5, 5.41) is 9.50. The molecule has 0 saturated heterocycles. The molecular formula is C22H21FN4O3. The van der Waals surface area contributed by atoms with Crippen molar-refractivity contribution in [1.82, 2.24) is 9.78 Å². The third-order valence-electron chi connectivity index (χ3n) is 4.40. The number of amides is 2. The summed E-state index contributed by atoms with van der Waals surface area (Å²) >= 11 is 0. The first-order valence-corrected chi connectivity index (χ1v) is 9.41. The summed E-state index contributed by atoms with van der Waals surface area (Å²) in [6.45, 7) is 2.97. The standard InChI is InChI=1S/C22H21FN4O3/c1-3-20(28)25-19-12-18(15-7-5-4-6-8-15)26-27(22(19)30)13-21(29)24-17-10-9-16(23)11-14(17)2/h4-12H,3,13H2,1-2H3,(H,24,29)(H,25,28). The van der Waals surface area contributed by atoms with E-state index in [2.05, 4.69) is 15.7 Å². The van der Waals surface area contributed by atoms with E-state index in [1.54, 1.807) is 13.8 Å². The number of nitrogens with one attached hydrogen (secondary N) is 2. The number of rotatable bonds is 6. The maximum absolute atomic E-state index is 13.3. The molecule has 0 aliphatic carbocycles. The van der Waals surface area contributed by atoms with Crippen molar-refractivity contribution in [1.29, 1.82) is 0 Å². The normalized spacial score (nSPS) is 10.5. The Labute approximate surface area is 172 Å². The van der Waals surface area contributed by atoms with Gasteiger partial charge in [0.2, 0.25) is 11.8 Å². The van der Waals surface area contributed by atoms with Crippen molar-refractivity contribution < 1.29 is 14.0 Å². The number of benzene rings is 2. The summed E-state index contributed by atoms with van der Waals surface area (Å²) in [6, 6.07) is 14.6. The predicted molar refractivity (Wildman–Crippen MR) is 113 cm³/mol. The molecule has 7 nitrogen and oxygen atoms in total. The smallest absolute Gasteiger partial charge is 0.291 e. The molecule has 0 atom stereocenters. The Morgan fingerprint density at radius 3 is 2.37 bits per heavy atom. The summed E-state index contributed by atoms with van der Waals surface area (Å²) in [5.74, 6) is -1.23. The highest BCUT2D eigenvalue weighted by Gasteiger charge is 2.15. The quantitative estimate of drug-likeness (QED) is 0.654. The summed E-state index contributed by atoms with van der Waals surface area (Å²) in [7, 11) is 0. The summed E-state index contributed by atoms with van der Waals surface area (Å²) in [6.07, 6.45) is 0.201. The van der Waals surface area contributed by atoms with Gasteiger partial charge in [-0.15, -0.1) is 0 Å². The Kier molecular flexibility index (Phi) is 6.36. The highest BCUT2D eigenvalue weighted by Crippen LogP contribution is 2.18. The van der Waals surface area contributed by atoms with Crippen molar-refractivity contribution >= 4 is 23.2 Å². The molecule has 30 heavy (non-hydrogen) atoms. The zero-order chi connectivity index (χ0) is 21.7. The van der Waals surface area contributed by atoms with E-state index < -0.39 is 17.3 Å². The number of hydrogen-bond donors (Lipinski definition) is 2. The van der Waals surface area contributed by atoms with E-state index in [0.29, 0.717) is 16.9 Å². The molecule has 2 amide bonds. The van der Waals surface area contributed by atoms with Crippen LogP contribution in [-0.2, 0) is 16.1 Å². The Morgan fingerprint density at radius 1 is 1.00 bits per heavy atom. The van der Waals surface area contributed by atoms with Gasteiger partial charge in [-0.3, -0.25) is 14.4 Å². The molecule has 8 heteroatoms. The topological polar surface area (TPSA) is 93.1 Å². The Bertz CT molecular complexity index is 1140. The first-order chi connectivity index (χ1) is 14.4. The van der Waals surface area contributed by atoms with Gasteiger partial charge >= 0.3 is 0 Å². The lowest BCUT2D eigenvalue weighted by molar-refractivity contribution is -0.117. The van der Waals surface area contributed by atoms with E-state index in [4.69, 9.17) is 0 Å². The molecule has 0 saturated carbocycles. The average molecular weight is 408 g/mol. The number of aryl methyl sites for hydroxylation is 1. The summed E-state index contributed by atoms with van der Waals surface area (Å²) in [5.41, 5.74) is 1.61. The van der Waals surface area contributed by atoms with E-state index >= 15 is 0 Å². The fourth-order valence-corrected chi connectivity index (χ4v) is 2.82. The predicted octanol–water partition coefficient (Wildman–Crippen LogP) is 3.35. The third-order valence-corrected chi connectivity index (χ3v) is 4.40. The van der Waals surface area contributed by atoms with Crippen LogP contribution in [0.2, 0.25) is 0 Å². The fourth-order valence-electron chi connectivity index (χ4n) is 2.82. The molecule has 3 rings (SSSR count). The molecule has 3 aromatic rings. The fraction of sp³-hybridized carbons (Fsp3) is 0.182. The molecule has 0 aliphatic rings. The molecule has 0 fully saturated rings. The highest BCUT2D eigenvalue weighted by atomic mass is 19.1. The number of halogens is 1. The maximum Gasteiger partial charge on any atom is 0.291 e. The van der Waals surface area contributed by atoms with Gasteiger partial charge < -0.3 is 10.6 Å². The van der Waals surface area contributed by atoms with Crippen molar-refractivity contribution in [3.05, 3.63) is 76.3 Å². The molecule has 154 valence electrons. The zero-order valence-corrected chi connectivity index (χ0v) is 16.6. The van der Waals surface area contributed by atoms with E-state index in [9.17, 15) is 18.8 Å². The van der Waals surface area contributed by atoms with Crippen molar-refractivity contribution in [2.24, 2.45) is 0 Å². The van der Waals surface area contributed by atoms with Crippen LogP contribution in [0.15, 0.2) is 59.4 Å². The van der Waals surface area contributed by atoms with Gasteiger partial charge in [-0.2, -0.15) is 5.10 Å². The van der Waals surface area contributed by atoms with Crippen molar-refractivity contribution in [3.8, 4) is 11.3 Å². The minimum absolute atomic E-state index is 0.0430. The zero-order valence-electron chi connectivity index (χ0n) is 16.6. The first-order valence-electron chi connectivity index (χ1n) is 9.41. The first kappa shape index (κ1) is 20.9. The van der Waals surface area contributed by atoms with Gasteiger partial charge in [0, 0.05) is 17.7 Å². The molecule has 0 aliphatic heterocycles. The Morgan fingerprint density at radius 2 is 1.70 bits per heavy atom. The van der Waals surface area contributed by atoms with Crippen molar-refractivity contribution in [3.63, 3.8) is 0 Å². The van der Waals surface area contributed by atoms with Gasteiger partial charge in [0.1, 0.15) is 18.0 Å². The van der Waals surface area contributed by atoms with Crippen LogP contribution in [-0.4, -0.2) is 21.6 Å². The van der Waals surface area contributed by atoms with Crippen molar-refractivity contribution in [2.45, 2.75) is 26.8 Å². The lowest BCUT2D eigenvalue weighted by Crippen LogP contribution is -2.32. The third kappa shape index (κ3) is 4.96. The highest BCUT2D eigenvalue weighted by molar-refractivity contribution is 5.92. The summed E-state index contributed by atoms with van der Waals surface area (Å²) < 4.78 is 14.3. The Hall–Kier alpha value is -3.81. The van der Waals surface area contributed by atoms with E-state index in [0.717, 1.165) is 10.2 Å². The van der Waals surface area contributed by atoms with Gasteiger partial charge in [0.05, 0.1) is 5.69 Å². The maximum atomic E-state index is 13.3. The van der Waals surface area contributed by atoms with Gasteiger partial charge in [-0.05, 0) is 36.8 Å². The molecule has 2 aromatic carbocycles. The number of carbonyl (C=O) groups is 2. The number of anilines is 2. The Balaban J connectivity index is 1.93. The minimum Gasteiger partial charge on any atom is -0.324 e. The van der Waals surface area contributed by atoms with Crippen LogP contribution in [0.1, 0.15) is 18.9 Å². The monoisotopic (exact) mass is 408 g/mol. The molecule has 0 unspecified atom stereocenters. The van der Waals surface area contributed by atoms with Crippen LogP contribution < -0.4 is 16.2 Å². The molecule has 1 aromatic heterocycles. The molecule has 0 bridgehead atoms. The number of carbonyl (C=O) groups excluding carboxylic acids is 2. The van der Waals surface area contributed by atoms with E-state index in [1.165, 1.54) is 24.3 Å². The van der Waals surface area contributed by atoms with E-state index in [1.807, 2.05) is 30.3 Å². The second-order valence-electron chi connectivity index (χ2n) is 6.68. The second-order valence-corrected chi connectivity index (χ2v) is 6.68. The van der Waals surface area contributed by atoms with Crippen LogP contribution in [0, 0.1) is 12.7 Å². The van der Waals surface area contributed by atoms with Gasteiger partial charge in [-0.1, -0.05) is 37.3 Å². The van der Waals surface area contributed by atoms with Gasteiger partial charge in [-0.25, -0.2) is 9.07 Å². The largest absolute Gasteiger partial charge is 0.324 e. The number of hydrogen-bond acceptors (Lipinski definition) is 4. The molecule has 2 N–H and O–H groups in total. The molecule has 0 radical (unpaired) electrons. The van der Waals surface area contributed by atoms with E-state index in [-0.39, 0.29) is 24.6 Å². The molecule has 1 heterocycles. The minimum atomic E-state index is -0.595. The average Bonchev–Trinajstić information content (AvgIpc) is 2.73. The number of nitrogens with zero attached hydrogens (tertiary/aromatic N) is 2. The van der Waals surface area contributed by atoms with Crippen LogP contribution in [0.4, 0.5) is 15.8 Å². The SMILES string of the molecule is CCC(=O)Nc1cc(-c2ccccc2)nn(CC(=O)Nc2ccc(F)cc2C)c1=O. The lowest BCUT2D eigenvalue weighted by atomic mass is 10.1. The van der Waals surface area contributed by atoms with Crippen LogP contribution in [0.25, 0.3) is 11.3 Å². The number of aromatic nitrogens is 2. The van der Waals surface area contributed by atoms with Crippen molar-refractivity contribution in [2.75, 3.05) is 10.6 Å². The second kappa shape index (κ2) is 9.13. The lowest BCUT2D eigenvalue weighted by Gasteiger charge is -2.12. The molecular weight excluding hydrogens is 387 g/mol. The van der Waals surface area contributed by atoms with Crippen LogP contribution >= 0.6 is 0 Å². The van der Waals surface area contributed by atoms with Gasteiger partial charge in [0.25, 0.3) is 5.56 Å². The van der Waals surface area contributed by atoms with Crippen LogP contribution in [0.3, 0.4) is 0 Å².